The number of allylic oxidation sites excluding steroid dienone is 13. The molecule has 14 heavy (non-hydrogen) atoms. The molecule has 2 radical (unpaired) electrons. The van der Waals surface area contributed by atoms with Crippen LogP contribution in [-0.2, 0) is 0 Å². The van der Waals surface area contributed by atoms with Crippen LogP contribution in [0.4, 0.5) is 0 Å². The van der Waals surface area contributed by atoms with E-state index in [2.05, 4.69) is 18.2 Å². The zero-order chi connectivity index (χ0) is 9.80. The highest BCUT2D eigenvalue weighted by molar-refractivity contribution is 5.58. The summed E-state index contributed by atoms with van der Waals surface area (Å²) in [5, 5.41) is 0. The molecule has 0 saturated heterocycles. The summed E-state index contributed by atoms with van der Waals surface area (Å²) in [6.07, 6.45) is 20.7. The van der Waals surface area contributed by atoms with Crippen molar-refractivity contribution in [1.82, 2.24) is 0 Å². The van der Waals surface area contributed by atoms with E-state index in [1.807, 2.05) is 36.5 Å². The molecule has 2 aliphatic carbocycles. The molecule has 0 aromatic carbocycles. The molecule has 0 aromatic heterocycles. The van der Waals surface area contributed by atoms with E-state index >= 15 is 0 Å². The van der Waals surface area contributed by atoms with Gasteiger partial charge in [0.15, 0.2) is 0 Å². The van der Waals surface area contributed by atoms with Crippen molar-refractivity contribution in [3.8, 4) is 0 Å². The van der Waals surface area contributed by atoms with Gasteiger partial charge in [-0.15, -0.1) is 0 Å². The second-order valence-electron chi connectivity index (χ2n) is 3.03. The molecule has 0 heteroatoms. The third-order valence-electron chi connectivity index (χ3n) is 2.14. The second-order valence-corrected chi connectivity index (χ2v) is 3.03. The van der Waals surface area contributed by atoms with Gasteiger partial charge in [-0.1, -0.05) is 61.3 Å². The highest BCUT2D eigenvalue weighted by Gasteiger charge is 2.05. The van der Waals surface area contributed by atoms with E-state index in [4.69, 9.17) is 6.58 Å². The third-order valence-corrected chi connectivity index (χ3v) is 2.14. The minimum absolute atomic E-state index is 0.932. The lowest BCUT2D eigenvalue weighted by Crippen LogP contribution is -1.86. The molecule has 0 unspecified atom stereocenters. The summed E-state index contributed by atoms with van der Waals surface area (Å²) in [6.45, 7) is 5.56. The Kier molecular flexibility index (Phi) is 2.46. The molecule has 0 aromatic rings. The molecule has 66 valence electrons. The monoisotopic (exact) mass is 178 g/mol. The van der Waals surface area contributed by atoms with Gasteiger partial charge in [0, 0.05) is 0 Å². The van der Waals surface area contributed by atoms with E-state index in [0.29, 0.717) is 0 Å². The first-order valence-corrected chi connectivity index (χ1v) is 4.53. The summed E-state index contributed by atoms with van der Waals surface area (Å²) in [7, 11) is 0. The minimum atomic E-state index is 0.932. The first kappa shape index (κ1) is 8.76. The van der Waals surface area contributed by atoms with Crippen LogP contribution >= 0.6 is 0 Å². The van der Waals surface area contributed by atoms with E-state index in [9.17, 15) is 0 Å². The summed E-state index contributed by atoms with van der Waals surface area (Å²) in [5.41, 5.74) is 3.21. The Hall–Kier alpha value is -1.82. The normalized spacial score (nSPS) is 18.7. The molecule has 0 atom stereocenters. The predicted octanol–water partition coefficient (Wildman–Crippen LogP) is 3.25. The zero-order valence-corrected chi connectivity index (χ0v) is 7.77. The maximum atomic E-state index is 5.56. The van der Waals surface area contributed by atoms with Crippen molar-refractivity contribution in [2.75, 3.05) is 0 Å². The average molecular weight is 178 g/mol. The summed E-state index contributed by atoms with van der Waals surface area (Å²) < 4.78 is 0. The van der Waals surface area contributed by atoms with Crippen LogP contribution in [0.2, 0.25) is 0 Å². The van der Waals surface area contributed by atoms with Crippen LogP contribution in [0.25, 0.3) is 0 Å². The van der Waals surface area contributed by atoms with Gasteiger partial charge in [0.25, 0.3) is 0 Å². The quantitative estimate of drug-likeness (QED) is 0.578. The lowest BCUT2D eigenvalue weighted by molar-refractivity contribution is 1.49. The van der Waals surface area contributed by atoms with Crippen molar-refractivity contribution in [2.24, 2.45) is 0 Å². The Morgan fingerprint density at radius 3 is 2.86 bits per heavy atom. The molecule has 2 aliphatic rings. The number of rotatable bonds is 1. The molecular weight excluding hydrogens is 168 g/mol. The molecule has 0 aliphatic heterocycles. The topological polar surface area (TPSA) is 0 Å². The fraction of sp³-hybridized carbons (Fsp3) is 0. The van der Waals surface area contributed by atoms with Gasteiger partial charge in [0.05, 0.1) is 0 Å². The summed E-state index contributed by atoms with van der Waals surface area (Å²) in [4.78, 5) is 0. The van der Waals surface area contributed by atoms with E-state index in [-0.39, 0.29) is 0 Å². The molecule has 0 fully saturated rings. The Balaban J connectivity index is 2.61. The first-order chi connectivity index (χ1) is 6.92. The molecule has 0 bridgehead atoms. The van der Waals surface area contributed by atoms with Gasteiger partial charge in [-0.25, -0.2) is 0 Å². The van der Waals surface area contributed by atoms with E-state index in [1.54, 1.807) is 6.08 Å². The van der Waals surface area contributed by atoms with Crippen LogP contribution in [0.1, 0.15) is 0 Å². The maximum absolute atomic E-state index is 5.56. The number of hydrogen-bond acceptors (Lipinski definition) is 0. The maximum Gasteiger partial charge on any atom is -0.00990 e. The van der Waals surface area contributed by atoms with Crippen molar-refractivity contribution in [3.05, 3.63) is 84.1 Å². The van der Waals surface area contributed by atoms with E-state index in [0.717, 1.165) is 16.7 Å². The number of hydrogen-bond donors (Lipinski definition) is 0. The molecular formula is C14H10. The van der Waals surface area contributed by atoms with Gasteiger partial charge < -0.3 is 0 Å². The van der Waals surface area contributed by atoms with E-state index < -0.39 is 0 Å². The number of fused-ring (bicyclic) bond motifs is 1. The molecule has 2 rings (SSSR count). The Morgan fingerprint density at radius 2 is 2.00 bits per heavy atom. The summed E-state index contributed by atoms with van der Waals surface area (Å²) in [6, 6.07) is 0. The average Bonchev–Trinajstić information content (AvgIpc) is 2.51. The fourth-order valence-corrected chi connectivity index (χ4v) is 1.46. The van der Waals surface area contributed by atoms with Crippen molar-refractivity contribution in [2.45, 2.75) is 0 Å². The predicted molar refractivity (Wildman–Crippen MR) is 59.2 cm³/mol. The van der Waals surface area contributed by atoms with Crippen LogP contribution in [0.15, 0.2) is 71.4 Å². The minimum Gasteiger partial charge on any atom is -0.0622 e. The SMILES string of the molecule is [CH]=CC1=C2C=CC=CC=C2C=CC=[C]1. The highest BCUT2D eigenvalue weighted by Crippen LogP contribution is 2.23. The fourth-order valence-electron chi connectivity index (χ4n) is 1.46. The van der Waals surface area contributed by atoms with Gasteiger partial charge in [-0.05, 0) is 22.8 Å². The van der Waals surface area contributed by atoms with Crippen molar-refractivity contribution in [1.29, 1.82) is 0 Å². The van der Waals surface area contributed by atoms with Gasteiger partial charge in [-0.3, -0.25) is 0 Å². The molecule has 0 saturated carbocycles. The Morgan fingerprint density at radius 1 is 1.07 bits per heavy atom. The first-order valence-electron chi connectivity index (χ1n) is 4.53. The van der Waals surface area contributed by atoms with E-state index in [1.165, 1.54) is 0 Å². The lowest BCUT2D eigenvalue weighted by Gasteiger charge is -2.03. The summed E-state index contributed by atoms with van der Waals surface area (Å²) in [5.74, 6) is 0. The molecule has 0 nitrogen and oxygen atoms in total. The summed E-state index contributed by atoms with van der Waals surface area (Å²) >= 11 is 0. The lowest BCUT2D eigenvalue weighted by atomic mass is 10.0. The highest BCUT2D eigenvalue weighted by atomic mass is 14.1. The Bertz CT molecular complexity index is 421. The molecule has 0 spiro atoms. The van der Waals surface area contributed by atoms with Gasteiger partial charge in [0.1, 0.15) is 0 Å². The van der Waals surface area contributed by atoms with Crippen LogP contribution in [0.5, 0.6) is 0 Å². The molecule has 0 heterocycles. The van der Waals surface area contributed by atoms with Gasteiger partial charge in [0.2, 0.25) is 0 Å². The largest absolute Gasteiger partial charge is 0.0622 e. The van der Waals surface area contributed by atoms with Crippen molar-refractivity contribution < 1.29 is 0 Å². The third kappa shape index (κ3) is 1.60. The van der Waals surface area contributed by atoms with Crippen LogP contribution in [-0.4, -0.2) is 0 Å². The molecule has 0 amide bonds. The van der Waals surface area contributed by atoms with Crippen LogP contribution in [0, 0.1) is 12.7 Å². The Labute approximate surface area is 84.6 Å². The standard InChI is InChI=1S/C14H10/c1-2-12-8-6-7-10-13-9-4-3-5-11-14(12)13/h1-7,9-11H. The van der Waals surface area contributed by atoms with Crippen molar-refractivity contribution in [3.63, 3.8) is 0 Å². The van der Waals surface area contributed by atoms with Gasteiger partial charge in [-0.2, -0.15) is 0 Å². The van der Waals surface area contributed by atoms with Crippen LogP contribution in [0.3, 0.4) is 0 Å². The second kappa shape index (κ2) is 3.93. The van der Waals surface area contributed by atoms with Crippen molar-refractivity contribution >= 4 is 0 Å². The molecule has 0 N–H and O–H groups in total. The van der Waals surface area contributed by atoms with Gasteiger partial charge >= 0.3 is 0 Å². The zero-order valence-electron chi connectivity index (χ0n) is 7.77. The van der Waals surface area contributed by atoms with Crippen LogP contribution < -0.4 is 0 Å². The smallest absolute Gasteiger partial charge is 0.00990 e.